The molecule has 0 saturated heterocycles. The molecule has 1 N–H and O–H groups in total. The molecule has 1 heterocycles. The summed E-state index contributed by atoms with van der Waals surface area (Å²) >= 11 is 6.44. The fourth-order valence-corrected chi connectivity index (χ4v) is 4.45. The van der Waals surface area contributed by atoms with Crippen LogP contribution in [0.2, 0.25) is 5.02 Å². The van der Waals surface area contributed by atoms with Gasteiger partial charge in [-0.25, -0.2) is 0 Å². The van der Waals surface area contributed by atoms with Crippen molar-refractivity contribution >= 4 is 11.6 Å². The summed E-state index contributed by atoms with van der Waals surface area (Å²) in [6.07, 6.45) is 8.64. The van der Waals surface area contributed by atoms with Crippen molar-refractivity contribution in [3.05, 3.63) is 16.9 Å². The van der Waals surface area contributed by atoms with Gasteiger partial charge >= 0.3 is 0 Å². The fraction of sp³-hybridized carbons (Fsp3) is 0.812. The van der Waals surface area contributed by atoms with Crippen LogP contribution in [0.4, 0.5) is 0 Å². The molecule has 0 bridgehead atoms. The van der Waals surface area contributed by atoms with Crippen LogP contribution in [0, 0.1) is 17.8 Å². The second kappa shape index (κ2) is 6.07. The second-order valence-electron chi connectivity index (χ2n) is 6.31. The average molecular weight is 296 g/mol. The van der Waals surface area contributed by atoms with Gasteiger partial charge in [-0.15, -0.1) is 0 Å². The molecule has 20 heavy (non-hydrogen) atoms. The molecule has 3 nitrogen and oxygen atoms in total. The molecule has 0 aliphatic heterocycles. The monoisotopic (exact) mass is 295 g/mol. The lowest BCUT2D eigenvalue weighted by molar-refractivity contribution is 0.413. The molecule has 1 aromatic heterocycles. The Morgan fingerprint density at radius 2 is 2.05 bits per heavy atom. The van der Waals surface area contributed by atoms with Crippen molar-refractivity contribution in [1.29, 1.82) is 0 Å². The van der Waals surface area contributed by atoms with Gasteiger partial charge in [-0.3, -0.25) is 4.68 Å². The maximum atomic E-state index is 6.44. The van der Waals surface area contributed by atoms with E-state index in [-0.39, 0.29) is 0 Å². The van der Waals surface area contributed by atoms with Gasteiger partial charge in [0.2, 0.25) is 0 Å². The lowest BCUT2D eigenvalue weighted by Crippen LogP contribution is -2.27. The van der Waals surface area contributed by atoms with Crippen LogP contribution in [0.25, 0.3) is 0 Å². The minimum Gasteiger partial charge on any atom is -0.308 e. The normalized spacial score (nSPS) is 30.1. The Bertz CT molecular complexity index is 445. The van der Waals surface area contributed by atoms with Crippen molar-refractivity contribution in [1.82, 2.24) is 15.1 Å². The Hall–Kier alpha value is -0.540. The topological polar surface area (TPSA) is 29.9 Å². The Balaban J connectivity index is 1.84. The van der Waals surface area contributed by atoms with Crippen LogP contribution in [0.1, 0.15) is 57.7 Å². The molecular weight excluding hydrogens is 270 g/mol. The van der Waals surface area contributed by atoms with Crippen LogP contribution in [-0.4, -0.2) is 16.3 Å². The van der Waals surface area contributed by atoms with E-state index in [0.717, 1.165) is 42.3 Å². The summed E-state index contributed by atoms with van der Waals surface area (Å²) in [5, 5.41) is 9.03. The van der Waals surface area contributed by atoms with Gasteiger partial charge in [0.15, 0.2) is 0 Å². The van der Waals surface area contributed by atoms with Crippen LogP contribution in [-0.2, 0) is 6.54 Å². The molecule has 0 amide bonds. The second-order valence-corrected chi connectivity index (χ2v) is 6.72. The zero-order valence-electron chi connectivity index (χ0n) is 12.6. The van der Waals surface area contributed by atoms with Gasteiger partial charge in [0.25, 0.3) is 0 Å². The molecule has 3 rings (SSSR count). The Morgan fingerprint density at radius 1 is 1.35 bits per heavy atom. The first kappa shape index (κ1) is 14.4. The highest BCUT2D eigenvalue weighted by Crippen LogP contribution is 2.60. The van der Waals surface area contributed by atoms with Crippen LogP contribution < -0.4 is 5.32 Å². The molecule has 0 spiro atoms. The first-order chi connectivity index (χ1) is 9.77. The summed E-state index contributed by atoms with van der Waals surface area (Å²) < 4.78 is 2.08. The third-order valence-corrected chi connectivity index (χ3v) is 5.44. The average Bonchev–Trinajstić information content (AvgIpc) is 3.08. The maximum absolute atomic E-state index is 6.44. The summed E-state index contributed by atoms with van der Waals surface area (Å²) in [7, 11) is 0. The number of rotatable bonds is 6. The number of fused-ring (bicyclic) bond motifs is 1. The number of hydrogen-bond donors (Lipinski definition) is 1. The SMILES string of the molecule is CCCNC(c1c(Cl)cnn1CC)C1C2CCCCC21. The highest BCUT2D eigenvalue weighted by molar-refractivity contribution is 6.31. The molecule has 3 unspecified atom stereocenters. The molecule has 2 saturated carbocycles. The molecule has 3 atom stereocenters. The summed E-state index contributed by atoms with van der Waals surface area (Å²) in [6, 6.07) is 0.401. The van der Waals surface area contributed by atoms with Crippen molar-refractivity contribution in [2.45, 2.75) is 58.5 Å². The van der Waals surface area contributed by atoms with Crippen LogP contribution in [0.5, 0.6) is 0 Å². The molecule has 0 radical (unpaired) electrons. The molecule has 0 aromatic carbocycles. The number of aromatic nitrogens is 2. The van der Waals surface area contributed by atoms with E-state index in [2.05, 4.69) is 28.9 Å². The Labute approximate surface area is 127 Å². The van der Waals surface area contributed by atoms with Crippen LogP contribution >= 0.6 is 11.6 Å². The highest BCUT2D eigenvalue weighted by Gasteiger charge is 2.55. The van der Waals surface area contributed by atoms with E-state index in [1.807, 2.05) is 6.20 Å². The predicted molar refractivity (Wildman–Crippen MR) is 82.9 cm³/mol. The summed E-state index contributed by atoms with van der Waals surface area (Å²) in [5.41, 5.74) is 1.22. The lowest BCUT2D eigenvalue weighted by atomic mass is 10.0. The zero-order chi connectivity index (χ0) is 14.1. The number of nitrogens with zero attached hydrogens (tertiary/aromatic N) is 2. The quantitative estimate of drug-likeness (QED) is 0.858. The van der Waals surface area contributed by atoms with E-state index in [1.165, 1.54) is 31.4 Å². The van der Waals surface area contributed by atoms with E-state index in [4.69, 9.17) is 11.6 Å². The van der Waals surface area contributed by atoms with E-state index >= 15 is 0 Å². The number of halogens is 1. The minimum atomic E-state index is 0.401. The van der Waals surface area contributed by atoms with E-state index < -0.39 is 0 Å². The van der Waals surface area contributed by atoms with Gasteiger partial charge in [-0.2, -0.15) is 5.10 Å². The van der Waals surface area contributed by atoms with Gasteiger partial charge in [0.1, 0.15) is 0 Å². The highest BCUT2D eigenvalue weighted by atomic mass is 35.5. The van der Waals surface area contributed by atoms with Gasteiger partial charge in [0, 0.05) is 6.54 Å². The van der Waals surface area contributed by atoms with Crippen LogP contribution in [0.15, 0.2) is 6.20 Å². The number of aryl methyl sites for hydroxylation is 1. The van der Waals surface area contributed by atoms with Crippen molar-refractivity contribution in [2.75, 3.05) is 6.54 Å². The van der Waals surface area contributed by atoms with Crippen molar-refractivity contribution in [3.63, 3.8) is 0 Å². The van der Waals surface area contributed by atoms with Gasteiger partial charge in [-0.1, -0.05) is 31.4 Å². The first-order valence-corrected chi connectivity index (χ1v) is 8.60. The molecule has 4 heteroatoms. The van der Waals surface area contributed by atoms with Crippen molar-refractivity contribution < 1.29 is 0 Å². The Kier molecular flexibility index (Phi) is 4.37. The predicted octanol–water partition coefficient (Wildman–Crippen LogP) is 4.03. The van der Waals surface area contributed by atoms with Gasteiger partial charge in [-0.05, 0) is 50.5 Å². The zero-order valence-corrected chi connectivity index (χ0v) is 13.4. The smallest absolute Gasteiger partial charge is 0.0834 e. The summed E-state index contributed by atoms with van der Waals surface area (Å²) in [5.74, 6) is 2.63. The van der Waals surface area contributed by atoms with Crippen molar-refractivity contribution in [3.8, 4) is 0 Å². The molecule has 2 fully saturated rings. The largest absolute Gasteiger partial charge is 0.308 e. The molecule has 1 aromatic rings. The van der Waals surface area contributed by atoms with Crippen molar-refractivity contribution in [2.24, 2.45) is 17.8 Å². The third-order valence-electron chi connectivity index (χ3n) is 5.15. The molecule has 2 aliphatic carbocycles. The standard InChI is InChI=1S/C16H26ClN3/c1-3-9-18-15(14-11-7-5-6-8-12(11)14)16-13(17)10-19-20(16)4-2/h10-12,14-15,18H,3-9H2,1-2H3. The molecule has 112 valence electrons. The third kappa shape index (κ3) is 2.50. The summed E-state index contributed by atoms with van der Waals surface area (Å²) in [4.78, 5) is 0. The fourth-order valence-electron chi connectivity index (χ4n) is 4.19. The molecular formula is C16H26ClN3. The molecule has 2 aliphatic rings. The number of hydrogen-bond acceptors (Lipinski definition) is 2. The Morgan fingerprint density at radius 3 is 2.65 bits per heavy atom. The van der Waals surface area contributed by atoms with Gasteiger partial charge in [0.05, 0.1) is 23.0 Å². The minimum absolute atomic E-state index is 0.401. The van der Waals surface area contributed by atoms with E-state index in [0.29, 0.717) is 6.04 Å². The van der Waals surface area contributed by atoms with E-state index in [1.54, 1.807) is 0 Å². The first-order valence-electron chi connectivity index (χ1n) is 8.22. The lowest BCUT2D eigenvalue weighted by Gasteiger charge is -2.21. The van der Waals surface area contributed by atoms with Crippen LogP contribution in [0.3, 0.4) is 0 Å². The van der Waals surface area contributed by atoms with E-state index in [9.17, 15) is 0 Å². The number of nitrogens with one attached hydrogen (secondary N) is 1. The summed E-state index contributed by atoms with van der Waals surface area (Å²) in [6.45, 7) is 6.33. The maximum Gasteiger partial charge on any atom is 0.0834 e. The van der Waals surface area contributed by atoms with Gasteiger partial charge < -0.3 is 5.32 Å².